The van der Waals surface area contributed by atoms with Crippen molar-refractivity contribution in [3.05, 3.63) is 29.0 Å². The number of likely N-dealkylation sites (tertiary alicyclic amines) is 1. The summed E-state index contributed by atoms with van der Waals surface area (Å²) in [4.78, 5) is 31.7. The van der Waals surface area contributed by atoms with Crippen LogP contribution in [0.3, 0.4) is 0 Å². The van der Waals surface area contributed by atoms with Gasteiger partial charge in [-0.25, -0.2) is 4.98 Å². The normalized spacial score (nSPS) is 17.8. The van der Waals surface area contributed by atoms with Gasteiger partial charge in [0.2, 0.25) is 0 Å². The number of aromatic nitrogens is 1. The van der Waals surface area contributed by atoms with Gasteiger partial charge in [0.1, 0.15) is 5.69 Å². The third-order valence-corrected chi connectivity index (χ3v) is 5.23. The zero-order valence-corrected chi connectivity index (χ0v) is 14.6. The first-order valence-corrected chi connectivity index (χ1v) is 8.81. The molecule has 0 radical (unpaired) electrons. The van der Waals surface area contributed by atoms with Crippen molar-refractivity contribution >= 4 is 23.2 Å². The topological polar surface area (TPSA) is 72.6 Å². The molecule has 3 rings (SSSR count). The van der Waals surface area contributed by atoms with Crippen LogP contribution in [-0.2, 0) is 9.53 Å². The zero-order valence-electron chi connectivity index (χ0n) is 13.8. The molecule has 1 atom stereocenters. The van der Waals surface area contributed by atoms with Crippen molar-refractivity contribution < 1.29 is 18.7 Å². The van der Waals surface area contributed by atoms with Crippen molar-refractivity contribution in [1.29, 1.82) is 0 Å². The Labute approximate surface area is 144 Å². The van der Waals surface area contributed by atoms with Gasteiger partial charge in [0.05, 0.1) is 19.8 Å². The molecule has 0 aliphatic carbocycles. The van der Waals surface area contributed by atoms with Crippen LogP contribution in [0.2, 0.25) is 0 Å². The molecule has 2 aromatic heterocycles. The monoisotopic (exact) mass is 348 g/mol. The van der Waals surface area contributed by atoms with Gasteiger partial charge < -0.3 is 14.1 Å². The molecule has 0 aromatic carbocycles. The lowest BCUT2D eigenvalue weighted by molar-refractivity contribution is -0.142. The minimum Gasteiger partial charge on any atom is -0.469 e. The van der Waals surface area contributed by atoms with E-state index in [0.717, 1.165) is 24.1 Å². The molecule has 0 spiro atoms. The standard InChI is InChI=1S/C17H20N2O4S/c1-11-15(18-16(24-11)13-7-5-9-23-13)17(21)19-8-4-3-6-12(19)10-14(20)22-2/h5,7,9,12H,3-4,6,8,10H2,1-2H3. The third kappa shape index (κ3) is 3.36. The van der Waals surface area contributed by atoms with Crippen LogP contribution in [0.5, 0.6) is 0 Å². The first kappa shape index (κ1) is 16.7. The Morgan fingerprint density at radius 3 is 3.00 bits per heavy atom. The van der Waals surface area contributed by atoms with Crippen molar-refractivity contribution in [2.75, 3.05) is 13.7 Å². The SMILES string of the molecule is COC(=O)CC1CCCCN1C(=O)c1nc(-c2ccco2)sc1C. The fourth-order valence-corrected chi connectivity index (χ4v) is 3.87. The van der Waals surface area contributed by atoms with E-state index >= 15 is 0 Å². The average molecular weight is 348 g/mol. The minimum absolute atomic E-state index is 0.116. The van der Waals surface area contributed by atoms with Crippen LogP contribution < -0.4 is 0 Å². The summed E-state index contributed by atoms with van der Waals surface area (Å²) in [5.41, 5.74) is 0.447. The molecule has 7 heteroatoms. The lowest BCUT2D eigenvalue weighted by Crippen LogP contribution is -2.45. The molecule has 24 heavy (non-hydrogen) atoms. The minimum atomic E-state index is -0.286. The summed E-state index contributed by atoms with van der Waals surface area (Å²) in [5.74, 6) is 0.257. The number of carbonyl (C=O) groups is 2. The van der Waals surface area contributed by atoms with Crippen molar-refractivity contribution in [2.24, 2.45) is 0 Å². The van der Waals surface area contributed by atoms with Crippen LogP contribution in [0.15, 0.2) is 22.8 Å². The van der Waals surface area contributed by atoms with Gasteiger partial charge >= 0.3 is 5.97 Å². The molecule has 3 heterocycles. The van der Waals surface area contributed by atoms with Crippen LogP contribution in [-0.4, -0.2) is 41.5 Å². The second-order valence-electron chi connectivity index (χ2n) is 5.83. The van der Waals surface area contributed by atoms with Gasteiger partial charge in [-0.3, -0.25) is 9.59 Å². The van der Waals surface area contributed by atoms with Crippen LogP contribution >= 0.6 is 11.3 Å². The second-order valence-corrected chi connectivity index (χ2v) is 7.03. The largest absolute Gasteiger partial charge is 0.469 e. The van der Waals surface area contributed by atoms with Gasteiger partial charge in [-0.15, -0.1) is 11.3 Å². The molecule has 2 aromatic rings. The molecule has 1 aliphatic heterocycles. The smallest absolute Gasteiger partial charge is 0.307 e. The number of nitrogens with zero attached hydrogens (tertiary/aromatic N) is 2. The first-order valence-electron chi connectivity index (χ1n) is 7.99. The highest BCUT2D eigenvalue weighted by Gasteiger charge is 2.31. The van der Waals surface area contributed by atoms with Gasteiger partial charge in [0.15, 0.2) is 10.8 Å². The number of piperidine rings is 1. The van der Waals surface area contributed by atoms with Gasteiger partial charge in [0.25, 0.3) is 5.91 Å². The van der Waals surface area contributed by atoms with E-state index < -0.39 is 0 Å². The van der Waals surface area contributed by atoms with Gasteiger partial charge in [-0.2, -0.15) is 0 Å². The first-order chi connectivity index (χ1) is 11.6. The molecule has 1 aliphatic rings. The van der Waals surface area contributed by atoms with Crippen molar-refractivity contribution in [3.8, 4) is 10.8 Å². The second kappa shape index (κ2) is 7.17. The number of amides is 1. The van der Waals surface area contributed by atoms with Crippen molar-refractivity contribution in [1.82, 2.24) is 9.88 Å². The molecule has 1 saturated heterocycles. The molecular weight excluding hydrogens is 328 g/mol. The summed E-state index contributed by atoms with van der Waals surface area (Å²) in [6, 6.07) is 3.50. The molecule has 0 saturated carbocycles. The Hall–Kier alpha value is -2.15. The van der Waals surface area contributed by atoms with E-state index in [1.807, 2.05) is 13.0 Å². The summed E-state index contributed by atoms with van der Waals surface area (Å²) in [6.07, 6.45) is 4.59. The predicted octanol–water partition coefficient (Wildman–Crippen LogP) is 3.27. The Morgan fingerprint density at radius 2 is 2.29 bits per heavy atom. The van der Waals surface area contributed by atoms with E-state index in [1.54, 1.807) is 17.2 Å². The molecule has 128 valence electrons. The summed E-state index contributed by atoms with van der Waals surface area (Å²) >= 11 is 1.44. The van der Waals surface area contributed by atoms with Crippen molar-refractivity contribution in [2.45, 2.75) is 38.6 Å². The Balaban J connectivity index is 1.83. The maximum Gasteiger partial charge on any atom is 0.307 e. The highest BCUT2D eigenvalue weighted by molar-refractivity contribution is 7.15. The van der Waals surface area contributed by atoms with Gasteiger partial charge in [-0.1, -0.05) is 0 Å². The molecular formula is C17H20N2O4S. The Morgan fingerprint density at radius 1 is 1.46 bits per heavy atom. The summed E-state index contributed by atoms with van der Waals surface area (Å²) in [6.45, 7) is 2.53. The summed E-state index contributed by atoms with van der Waals surface area (Å²) in [7, 11) is 1.37. The maximum atomic E-state index is 13.0. The predicted molar refractivity (Wildman–Crippen MR) is 89.9 cm³/mol. The molecule has 1 unspecified atom stereocenters. The average Bonchev–Trinajstić information content (AvgIpc) is 3.24. The summed E-state index contributed by atoms with van der Waals surface area (Å²) in [5, 5.41) is 0.697. The molecule has 1 amide bonds. The van der Waals surface area contributed by atoms with Crippen LogP contribution in [0.4, 0.5) is 0 Å². The maximum absolute atomic E-state index is 13.0. The number of aryl methyl sites for hydroxylation is 1. The Bertz CT molecular complexity index is 723. The zero-order chi connectivity index (χ0) is 17.1. The number of thiazole rings is 1. The highest BCUT2D eigenvalue weighted by Crippen LogP contribution is 2.30. The lowest BCUT2D eigenvalue weighted by Gasteiger charge is -2.34. The summed E-state index contributed by atoms with van der Waals surface area (Å²) < 4.78 is 10.1. The van der Waals surface area contributed by atoms with E-state index in [9.17, 15) is 9.59 Å². The van der Waals surface area contributed by atoms with E-state index in [-0.39, 0.29) is 24.3 Å². The number of methoxy groups -OCH3 is 1. The number of hydrogen-bond donors (Lipinski definition) is 0. The highest BCUT2D eigenvalue weighted by atomic mass is 32.1. The lowest BCUT2D eigenvalue weighted by atomic mass is 9.99. The van der Waals surface area contributed by atoms with E-state index in [1.165, 1.54) is 18.4 Å². The van der Waals surface area contributed by atoms with Crippen LogP contribution in [0.25, 0.3) is 10.8 Å². The Kier molecular flexibility index (Phi) is 4.99. The van der Waals surface area contributed by atoms with E-state index in [0.29, 0.717) is 23.0 Å². The van der Waals surface area contributed by atoms with Crippen LogP contribution in [0, 0.1) is 6.92 Å². The quantitative estimate of drug-likeness (QED) is 0.793. The number of carbonyl (C=O) groups excluding carboxylic acids is 2. The molecule has 0 bridgehead atoms. The molecule has 1 fully saturated rings. The number of hydrogen-bond acceptors (Lipinski definition) is 6. The van der Waals surface area contributed by atoms with Gasteiger partial charge in [-0.05, 0) is 38.3 Å². The van der Waals surface area contributed by atoms with E-state index in [4.69, 9.17) is 9.15 Å². The molecule has 0 N–H and O–H groups in total. The number of rotatable bonds is 4. The van der Waals surface area contributed by atoms with Crippen LogP contribution in [0.1, 0.15) is 41.0 Å². The number of furan rings is 1. The number of ether oxygens (including phenoxy) is 1. The fraction of sp³-hybridized carbons (Fsp3) is 0.471. The van der Waals surface area contributed by atoms with E-state index in [2.05, 4.69) is 4.98 Å². The molecule has 6 nitrogen and oxygen atoms in total. The van der Waals surface area contributed by atoms with Gasteiger partial charge in [0, 0.05) is 17.5 Å². The third-order valence-electron chi connectivity index (χ3n) is 4.25. The fourth-order valence-electron chi connectivity index (χ4n) is 2.99. The number of esters is 1. The van der Waals surface area contributed by atoms with Crippen molar-refractivity contribution in [3.63, 3.8) is 0 Å².